The van der Waals surface area contributed by atoms with Gasteiger partial charge in [-0.2, -0.15) is 4.31 Å². The van der Waals surface area contributed by atoms with E-state index in [-0.39, 0.29) is 29.2 Å². The minimum absolute atomic E-state index is 0.0326. The van der Waals surface area contributed by atoms with Crippen molar-refractivity contribution in [3.63, 3.8) is 0 Å². The Hall–Kier alpha value is -2.91. The maximum absolute atomic E-state index is 13.0. The van der Waals surface area contributed by atoms with E-state index >= 15 is 0 Å². The van der Waals surface area contributed by atoms with Crippen molar-refractivity contribution >= 4 is 21.8 Å². The zero-order chi connectivity index (χ0) is 24.1. The maximum atomic E-state index is 13.0. The Morgan fingerprint density at radius 1 is 0.971 bits per heavy atom. The number of hydrogen-bond donors (Lipinski definition) is 1. The van der Waals surface area contributed by atoms with E-state index in [0.29, 0.717) is 51.1 Å². The lowest BCUT2D eigenvalue weighted by Crippen LogP contribution is -2.52. The highest BCUT2D eigenvalue weighted by Gasteiger charge is 2.40. The molecule has 2 amide bonds. The quantitative estimate of drug-likeness (QED) is 0.649. The van der Waals surface area contributed by atoms with Crippen molar-refractivity contribution in [2.45, 2.75) is 49.1 Å². The van der Waals surface area contributed by atoms with Crippen LogP contribution in [0, 0.1) is 0 Å². The van der Waals surface area contributed by atoms with Crippen LogP contribution in [-0.4, -0.2) is 68.3 Å². The van der Waals surface area contributed by atoms with Crippen molar-refractivity contribution in [2.24, 2.45) is 0 Å². The Morgan fingerprint density at radius 2 is 1.65 bits per heavy atom. The monoisotopic (exact) mass is 485 g/mol. The van der Waals surface area contributed by atoms with E-state index < -0.39 is 16.1 Å². The Kier molecular flexibility index (Phi) is 7.53. The van der Waals surface area contributed by atoms with E-state index in [4.69, 9.17) is 4.74 Å². The predicted molar refractivity (Wildman–Crippen MR) is 128 cm³/mol. The first-order valence-corrected chi connectivity index (χ1v) is 13.1. The van der Waals surface area contributed by atoms with Gasteiger partial charge >= 0.3 is 0 Å². The van der Waals surface area contributed by atoms with Gasteiger partial charge in [0, 0.05) is 31.2 Å². The topological polar surface area (TPSA) is 96.0 Å². The second kappa shape index (κ2) is 10.6. The van der Waals surface area contributed by atoms with Gasteiger partial charge in [0.2, 0.25) is 21.8 Å². The summed E-state index contributed by atoms with van der Waals surface area (Å²) in [6.07, 6.45) is 2.71. The maximum Gasteiger partial charge on any atom is 0.243 e. The van der Waals surface area contributed by atoms with Crippen LogP contribution in [0.3, 0.4) is 0 Å². The second-order valence-electron chi connectivity index (χ2n) is 8.74. The van der Waals surface area contributed by atoms with Gasteiger partial charge in [-0.3, -0.25) is 9.59 Å². The molecule has 9 heteroatoms. The highest BCUT2D eigenvalue weighted by molar-refractivity contribution is 7.89. The first-order valence-electron chi connectivity index (χ1n) is 11.7. The van der Waals surface area contributed by atoms with Crippen molar-refractivity contribution in [1.29, 1.82) is 0 Å². The number of nitrogens with one attached hydrogen (secondary N) is 1. The summed E-state index contributed by atoms with van der Waals surface area (Å²) >= 11 is 0. The van der Waals surface area contributed by atoms with Crippen LogP contribution in [0.1, 0.15) is 31.2 Å². The van der Waals surface area contributed by atoms with Gasteiger partial charge in [-0.25, -0.2) is 8.42 Å². The highest BCUT2D eigenvalue weighted by atomic mass is 32.2. The number of nitrogens with zero attached hydrogens (tertiary/aromatic N) is 2. The highest BCUT2D eigenvalue weighted by Crippen LogP contribution is 2.27. The summed E-state index contributed by atoms with van der Waals surface area (Å²) in [4.78, 5) is 27.8. The van der Waals surface area contributed by atoms with Crippen molar-refractivity contribution in [3.8, 4) is 5.75 Å². The number of methoxy groups -OCH3 is 1. The van der Waals surface area contributed by atoms with Crippen LogP contribution in [-0.2, 0) is 26.0 Å². The Bertz CT molecular complexity index is 1110. The predicted octanol–water partition coefficient (Wildman–Crippen LogP) is 2.20. The first kappa shape index (κ1) is 24.2. The molecule has 0 aliphatic carbocycles. The summed E-state index contributed by atoms with van der Waals surface area (Å²) in [5.74, 6) is 0.477. The molecule has 2 saturated heterocycles. The van der Waals surface area contributed by atoms with E-state index in [9.17, 15) is 18.0 Å². The number of likely N-dealkylation sites (tertiary alicyclic amines) is 1. The zero-order valence-corrected chi connectivity index (χ0v) is 20.2. The van der Waals surface area contributed by atoms with Crippen molar-refractivity contribution in [1.82, 2.24) is 14.5 Å². The third-order valence-corrected chi connectivity index (χ3v) is 8.51. The van der Waals surface area contributed by atoms with Crippen LogP contribution in [0.15, 0.2) is 59.5 Å². The second-order valence-corrected chi connectivity index (χ2v) is 10.6. The fourth-order valence-corrected chi connectivity index (χ4v) is 6.39. The van der Waals surface area contributed by atoms with Crippen LogP contribution in [0.25, 0.3) is 0 Å². The number of para-hydroxylation sites is 1. The molecular formula is C25H31N3O5S. The number of ether oxygens (including phenoxy) is 1. The van der Waals surface area contributed by atoms with Crippen LogP contribution in [0.4, 0.5) is 0 Å². The van der Waals surface area contributed by atoms with Gasteiger partial charge in [0.25, 0.3) is 0 Å². The third kappa shape index (κ3) is 5.26. The Balaban J connectivity index is 1.31. The molecule has 2 heterocycles. The van der Waals surface area contributed by atoms with Crippen LogP contribution < -0.4 is 10.1 Å². The van der Waals surface area contributed by atoms with Gasteiger partial charge in [-0.05, 0) is 43.9 Å². The number of piperidine rings is 1. The van der Waals surface area contributed by atoms with Gasteiger partial charge in [0.15, 0.2) is 0 Å². The lowest BCUT2D eigenvalue weighted by atomic mass is 10.0. The minimum atomic E-state index is -3.72. The molecule has 0 spiro atoms. The number of sulfonamides is 1. The molecule has 4 rings (SSSR count). The third-order valence-electron chi connectivity index (χ3n) is 6.58. The van der Waals surface area contributed by atoms with Crippen molar-refractivity contribution in [3.05, 3.63) is 60.2 Å². The molecule has 1 unspecified atom stereocenters. The molecule has 2 fully saturated rings. The lowest BCUT2D eigenvalue weighted by Gasteiger charge is -2.33. The summed E-state index contributed by atoms with van der Waals surface area (Å²) in [6.45, 7) is 1.44. The smallest absolute Gasteiger partial charge is 0.243 e. The molecule has 34 heavy (non-hydrogen) atoms. The SMILES string of the molecule is COc1ccccc1CC(=O)N1CCC(NC(=O)C2CCCN2S(=O)(=O)c2ccccc2)CC1. The molecule has 2 aromatic carbocycles. The molecule has 0 radical (unpaired) electrons. The van der Waals surface area contributed by atoms with Gasteiger partial charge in [0.1, 0.15) is 11.8 Å². The van der Waals surface area contributed by atoms with E-state index in [0.717, 1.165) is 5.56 Å². The number of carbonyl (C=O) groups excluding carboxylic acids is 2. The average molecular weight is 486 g/mol. The fourth-order valence-electron chi connectivity index (χ4n) is 4.71. The molecule has 1 N–H and O–H groups in total. The Morgan fingerprint density at radius 3 is 2.35 bits per heavy atom. The number of hydrogen-bond acceptors (Lipinski definition) is 5. The lowest BCUT2D eigenvalue weighted by molar-refractivity contribution is -0.131. The summed E-state index contributed by atoms with van der Waals surface area (Å²) in [6, 6.07) is 15.0. The molecular weight excluding hydrogens is 454 g/mol. The van der Waals surface area contributed by atoms with Crippen LogP contribution in [0.5, 0.6) is 5.75 Å². The van der Waals surface area contributed by atoms with E-state index in [1.807, 2.05) is 29.2 Å². The first-order chi connectivity index (χ1) is 16.4. The largest absolute Gasteiger partial charge is 0.496 e. The summed E-state index contributed by atoms with van der Waals surface area (Å²) in [5.41, 5.74) is 0.853. The van der Waals surface area contributed by atoms with Crippen molar-refractivity contribution in [2.75, 3.05) is 26.7 Å². The Labute approximate surface area is 200 Å². The summed E-state index contributed by atoms with van der Waals surface area (Å²) < 4.78 is 32.8. The number of benzene rings is 2. The molecule has 182 valence electrons. The van der Waals surface area contributed by atoms with Crippen LogP contribution >= 0.6 is 0 Å². The zero-order valence-electron chi connectivity index (χ0n) is 19.4. The average Bonchev–Trinajstić information content (AvgIpc) is 3.37. The number of carbonyl (C=O) groups is 2. The summed E-state index contributed by atoms with van der Waals surface area (Å²) in [7, 11) is -2.13. The summed E-state index contributed by atoms with van der Waals surface area (Å²) in [5, 5.41) is 3.04. The van der Waals surface area contributed by atoms with E-state index in [1.165, 1.54) is 4.31 Å². The van der Waals surface area contributed by atoms with E-state index in [1.54, 1.807) is 37.4 Å². The van der Waals surface area contributed by atoms with Gasteiger partial charge in [-0.1, -0.05) is 36.4 Å². The molecule has 0 bridgehead atoms. The number of rotatable bonds is 7. The molecule has 0 saturated carbocycles. The van der Waals surface area contributed by atoms with Crippen molar-refractivity contribution < 1.29 is 22.7 Å². The molecule has 8 nitrogen and oxygen atoms in total. The van der Waals surface area contributed by atoms with Gasteiger partial charge in [-0.15, -0.1) is 0 Å². The molecule has 2 aromatic rings. The molecule has 2 aliphatic heterocycles. The molecule has 0 aromatic heterocycles. The standard InChI is InChI=1S/C25H31N3O5S/c1-33-23-12-6-5-8-19(23)18-24(29)27-16-13-20(14-17-27)26-25(30)22-11-7-15-28(22)34(31,32)21-9-3-2-4-10-21/h2-6,8-10,12,20,22H,7,11,13-18H2,1H3,(H,26,30). The number of amides is 2. The molecule has 1 atom stereocenters. The van der Waals surface area contributed by atoms with E-state index in [2.05, 4.69) is 5.32 Å². The normalized spacial score (nSPS) is 19.7. The molecule has 2 aliphatic rings. The van der Waals surface area contributed by atoms with Crippen LogP contribution in [0.2, 0.25) is 0 Å². The minimum Gasteiger partial charge on any atom is -0.496 e. The fraction of sp³-hybridized carbons (Fsp3) is 0.440. The van der Waals surface area contributed by atoms with Gasteiger partial charge < -0.3 is 15.0 Å². The van der Waals surface area contributed by atoms with Gasteiger partial charge in [0.05, 0.1) is 18.4 Å².